The Hall–Kier alpha value is -0.340. The van der Waals surface area contributed by atoms with Crippen molar-refractivity contribution in [2.24, 2.45) is 5.73 Å². The maximum absolute atomic E-state index is 5.65. The molecule has 0 amide bonds. The molecule has 0 unspecified atom stereocenters. The molecule has 0 spiro atoms. The van der Waals surface area contributed by atoms with Gasteiger partial charge in [-0.25, -0.2) is 0 Å². The Bertz CT molecular complexity index is 354. The Labute approximate surface area is 230 Å². The number of unbranched alkanes of at least 4 members (excludes halogenated alkanes) is 22. The van der Waals surface area contributed by atoms with Crippen molar-refractivity contribution in [3.8, 4) is 0 Å². The minimum atomic E-state index is 0.862. The summed E-state index contributed by atoms with van der Waals surface area (Å²) in [4.78, 5) is 0. The molecule has 218 valence electrons. The molecule has 0 aromatic rings. The topological polar surface area (TPSA) is 35.2 Å². The molecule has 0 aromatic heterocycles. The number of hydrogen-bond donors (Lipinski definition) is 1. The van der Waals surface area contributed by atoms with Crippen LogP contribution in [0.3, 0.4) is 0 Å². The average Bonchev–Trinajstić information content (AvgIpc) is 2.89. The minimum Gasteiger partial charge on any atom is -0.381 e. The summed E-state index contributed by atoms with van der Waals surface area (Å²) in [5, 5.41) is 0. The molecule has 0 aliphatic carbocycles. The van der Waals surface area contributed by atoms with E-state index in [1.807, 2.05) is 0 Å². The Balaban J connectivity index is 0. The molecular weight excluding hydrogens is 438 g/mol. The summed E-state index contributed by atoms with van der Waals surface area (Å²) in [7, 11) is 0. The van der Waals surface area contributed by atoms with Crippen molar-refractivity contribution in [2.45, 2.75) is 188 Å². The van der Waals surface area contributed by atoms with Gasteiger partial charge in [-0.05, 0) is 51.5 Å². The number of nitrogens with two attached hydrogens (primary N) is 1. The lowest BCUT2D eigenvalue weighted by atomic mass is 10.1. The zero-order valence-corrected chi connectivity index (χ0v) is 25.6. The Kier molecular flexibility index (Phi) is 41.1. The SMILES string of the molecule is CCCCCCCC/C=C\CCCCCCCCN.CCCCCCCCOCCCCCCCC. The van der Waals surface area contributed by atoms with Crippen LogP contribution in [0.15, 0.2) is 12.2 Å². The maximum atomic E-state index is 5.65. The van der Waals surface area contributed by atoms with Crippen molar-refractivity contribution in [2.75, 3.05) is 19.8 Å². The first kappa shape index (κ1) is 37.8. The molecule has 0 radical (unpaired) electrons. The highest BCUT2D eigenvalue weighted by Crippen LogP contribution is 2.10. The molecule has 0 aliphatic rings. The zero-order chi connectivity index (χ0) is 26.6. The van der Waals surface area contributed by atoms with Gasteiger partial charge in [0, 0.05) is 13.2 Å². The van der Waals surface area contributed by atoms with Crippen LogP contribution in [0.5, 0.6) is 0 Å². The van der Waals surface area contributed by atoms with Gasteiger partial charge >= 0.3 is 0 Å². The van der Waals surface area contributed by atoms with Crippen LogP contribution >= 0.6 is 0 Å². The molecular formula is C34H71NO. The van der Waals surface area contributed by atoms with Gasteiger partial charge in [-0.2, -0.15) is 0 Å². The van der Waals surface area contributed by atoms with E-state index in [2.05, 4.69) is 32.9 Å². The fourth-order valence-corrected chi connectivity index (χ4v) is 4.46. The molecule has 0 aromatic carbocycles. The van der Waals surface area contributed by atoms with Gasteiger partial charge < -0.3 is 10.5 Å². The summed E-state index contributed by atoms with van der Waals surface area (Å²) >= 11 is 0. The van der Waals surface area contributed by atoms with Crippen LogP contribution in [0, 0.1) is 0 Å². The summed E-state index contributed by atoms with van der Waals surface area (Å²) in [6.07, 6.45) is 40.2. The summed E-state index contributed by atoms with van der Waals surface area (Å²) in [5.41, 5.74) is 5.47. The molecule has 0 fully saturated rings. The predicted molar refractivity (Wildman–Crippen MR) is 166 cm³/mol. The van der Waals surface area contributed by atoms with Crippen LogP contribution in [0.25, 0.3) is 0 Å². The van der Waals surface area contributed by atoms with E-state index in [4.69, 9.17) is 10.5 Å². The first-order valence-electron chi connectivity index (χ1n) is 16.8. The van der Waals surface area contributed by atoms with Crippen LogP contribution < -0.4 is 5.73 Å². The van der Waals surface area contributed by atoms with Gasteiger partial charge in [0.1, 0.15) is 0 Å². The van der Waals surface area contributed by atoms with E-state index in [0.717, 1.165) is 19.8 Å². The third-order valence-electron chi connectivity index (χ3n) is 7.00. The monoisotopic (exact) mass is 510 g/mol. The summed E-state index contributed by atoms with van der Waals surface area (Å²) in [6, 6.07) is 0. The normalized spacial score (nSPS) is 11.2. The predicted octanol–water partition coefficient (Wildman–Crippen LogP) is 11.7. The van der Waals surface area contributed by atoms with E-state index < -0.39 is 0 Å². The average molecular weight is 510 g/mol. The molecule has 2 N–H and O–H groups in total. The lowest BCUT2D eigenvalue weighted by Gasteiger charge is -2.04. The fraction of sp³-hybridized carbons (Fsp3) is 0.941. The van der Waals surface area contributed by atoms with Crippen LogP contribution in [0.2, 0.25) is 0 Å². The first-order chi connectivity index (χ1) is 17.8. The number of rotatable bonds is 29. The Morgan fingerprint density at radius 1 is 0.389 bits per heavy atom. The van der Waals surface area contributed by atoms with Gasteiger partial charge in [-0.1, -0.05) is 155 Å². The molecule has 0 saturated heterocycles. The molecule has 0 rings (SSSR count). The second-order valence-corrected chi connectivity index (χ2v) is 10.9. The van der Waals surface area contributed by atoms with Crippen LogP contribution in [0.4, 0.5) is 0 Å². The largest absolute Gasteiger partial charge is 0.381 e. The summed E-state index contributed by atoms with van der Waals surface area (Å²) < 4.78 is 5.65. The van der Waals surface area contributed by atoms with Crippen molar-refractivity contribution >= 4 is 0 Å². The van der Waals surface area contributed by atoms with Crippen LogP contribution in [-0.4, -0.2) is 19.8 Å². The third-order valence-corrected chi connectivity index (χ3v) is 7.00. The highest BCUT2D eigenvalue weighted by atomic mass is 16.5. The Morgan fingerprint density at radius 2 is 0.694 bits per heavy atom. The first-order valence-corrected chi connectivity index (χ1v) is 16.8. The minimum absolute atomic E-state index is 0.862. The molecule has 0 heterocycles. The van der Waals surface area contributed by atoms with Gasteiger partial charge in [-0.15, -0.1) is 0 Å². The van der Waals surface area contributed by atoms with Crippen LogP contribution in [-0.2, 0) is 4.74 Å². The quantitative estimate of drug-likeness (QED) is 0.0803. The second kappa shape index (κ2) is 39.2. The molecule has 2 nitrogen and oxygen atoms in total. The fourth-order valence-electron chi connectivity index (χ4n) is 4.46. The van der Waals surface area contributed by atoms with Gasteiger partial charge in [0.15, 0.2) is 0 Å². The van der Waals surface area contributed by atoms with Crippen molar-refractivity contribution in [1.29, 1.82) is 0 Å². The van der Waals surface area contributed by atoms with Crippen molar-refractivity contribution in [3.05, 3.63) is 12.2 Å². The number of allylic oxidation sites excluding steroid dienone is 2. The van der Waals surface area contributed by atoms with Crippen molar-refractivity contribution in [3.63, 3.8) is 0 Å². The maximum Gasteiger partial charge on any atom is 0.0466 e. The number of ether oxygens (including phenoxy) is 1. The lowest BCUT2D eigenvalue weighted by Crippen LogP contribution is -1.97. The van der Waals surface area contributed by atoms with Gasteiger partial charge in [0.2, 0.25) is 0 Å². The zero-order valence-electron chi connectivity index (χ0n) is 25.6. The van der Waals surface area contributed by atoms with Gasteiger partial charge in [-0.3, -0.25) is 0 Å². The third kappa shape index (κ3) is 40.8. The van der Waals surface area contributed by atoms with E-state index in [0.29, 0.717) is 0 Å². The molecule has 2 heteroatoms. The van der Waals surface area contributed by atoms with E-state index >= 15 is 0 Å². The summed E-state index contributed by atoms with van der Waals surface area (Å²) in [5.74, 6) is 0. The number of hydrogen-bond acceptors (Lipinski definition) is 2. The molecule has 0 saturated carbocycles. The van der Waals surface area contributed by atoms with E-state index in [1.54, 1.807) is 0 Å². The van der Waals surface area contributed by atoms with E-state index in [9.17, 15) is 0 Å². The highest BCUT2D eigenvalue weighted by molar-refractivity contribution is 4.81. The lowest BCUT2D eigenvalue weighted by molar-refractivity contribution is 0.125. The standard InChI is InChI=1S/C18H37N.C16H34O/c1-2-3-4-5-6-7-8-9-10-11-12-13-14-15-16-17-18-19;1-3-5-7-9-11-13-15-17-16-14-12-10-8-6-4-2/h9-10H,2-8,11-19H2,1H3;3-16H2,1-2H3/b10-9-;. The highest BCUT2D eigenvalue weighted by Gasteiger charge is 1.93. The van der Waals surface area contributed by atoms with Gasteiger partial charge in [0.25, 0.3) is 0 Å². The molecule has 0 atom stereocenters. The molecule has 0 bridgehead atoms. The second-order valence-electron chi connectivity index (χ2n) is 10.9. The molecule has 36 heavy (non-hydrogen) atoms. The van der Waals surface area contributed by atoms with Crippen molar-refractivity contribution in [1.82, 2.24) is 0 Å². The molecule has 0 aliphatic heterocycles. The van der Waals surface area contributed by atoms with E-state index in [1.165, 1.54) is 167 Å². The summed E-state index contributed by atoms with van der Waals surface area (Å²) in [6.45, 7) is 9.65. The van der Waals surface area contributed by atoms with Crippen molar-refractivity contribution < 1.29 is 4.74 Å². The van der Waals surface area contributed by atoms with Crippen LogP contribution in [0.1, 0.15) is 188 Å². The van der Waals surface area contributed by atoms with E-state index in [-0.39, 0.29) is 0 Å². The van der Waals surface area contributed by atoms with Gasteiger partial charge in [0.05, 0.1) is 0 Å². The smallest absolute Gasteiger partial charge is 0.0466 e. The Morgan fingerprint density at radius 3 is 1.06 bits per heavy atom.